The third-order valence-electron chi connectivity index (χ3n) is 8.35. The van der Waals surface area contributed by atoms with Gasteiger partial charge in [0, 0.05) is 13.0 Å². The molecule has 0 fully saturated rings. The van der Waals surface area contributed by atoms with E-state index in [0.717, 1.165) is 25.7 Å². The fourth-order valence-electron chi connectivity index (χ4n) is 5.56. The zero-order chi connectivity index (χ0) is 31.6. The number of carbonyl (C=O) groups excluding carboxylic acids is 2. The minimum Gasteiger partial charge on any atom is -0.464 e. The zero-order valence-corrected chi connectivity index (χ0v) is 29.8. The van der Waals surface area contributed by atoms with Gasteiger partial charge in [-0.05, 0) is 25.7 Å². The molecule has 5 N–H and O–H groups in total. The molecule has 0 unspecified atom stereocenters. The molecule has 1 amide bonds. The lowest BCUT2D eigenvalue weighted by Gasteiger charge is -2.18. The number of nitrogens with one attached hydrogen (secondary N) is 3. The normalized spacial score (nSPS) is 11.5. The van der Waals surface area contributed by atoms with E-state index in [2.05, 4.69) is 24.5 Å². The maximum Gasteiger partial charge on any atom is 0.328 e. The molecule has 1 atom stereocenters. The number of esters is 1. The molecule has 8 heteroatoms. The van der Waals surface area contributed by atoms with Crippen LogP contribution in [0.5, 0.6) is 0 Å². The van der Waals surface area contributed by atoms with E-state index in [4.69, 9.17) is 15.9 Å². The molecular weight excluding hydrogens is 572 g/mol. The predicted molar refractivity (Wildman–Crippen MR) is 191 cm³/mol. The van der Waals surface area contributed by atoms with Crippen LogP contribution in [0.15, 0.2) is 0 Å². The van der Waals surface area contributed by atoms with E-state index >= 15 is 0 Å². The van der Waals surface area contributed by atoms with Crippen LogP contribution in [-0.2, 0) is 14.3 Å². The van der Waals surface area contributed by atoms with Gasteiger partial charge in [0.25, 0.3) is 0 Å². The van der Waals surface area contributed by atoms with Gasteiger partial charge < -0.3 is 21.1 Å². The minimum atomic E-state index is -0.638. The van der Waals surface area contributed by atoms with Gasteiger partial charge >= 0.3 is 5.97 Å². The number of rotatable bonds is 33. The van der Waals surface area contributed by atoms with Crippen molar-refractivity contribution in [3.63, 3.8) is 0 Å². The van der Waals surface area contributed by atoms with E-state index in [1.165, 1.54) is 135 Å². The van der Waals surface area contributed by atoms with Crippen molar-refractivity contribution in [2.75, 3.05) is 13.2 Å². The van der Waals surface area contributed by atoms with Crippen LogP contribution in [0.25, 0.3) is 0 Å². The first-order chi connectivity index (χ1) is 21.0. The number of halogens is 1. The zero-order valence-electron chi connectivity index (χ0n) is 29.0. The van der Waals surface area contributed by atoms with Gasteiger partial charge in [0.2, 0.25) is 5.91 Å². The van der Waals surface area contributed by atoms with Crippen LogP contribution in [0, 0.1) is 5.41 Å². The average Bonchev–Trinajstić information content (AvgIpc) is 2.99. The maximum absolute atomic E-state index is 12.8. The van der Waals surface area contributed by atoms with Crippen LogP contribution < -0.4 is 16.4 Å². The van der Waals surface area contributed by atoms with Crippen LogP contribution in [0.4, 0.5) is 0 Å². The Balaban J connectivity index is 0. The molecular formula is C36H73ClN4O3. The van der Waals surface area contributed by atoms with Gasteiger partial charge in [0.15, 0.2) is 5.96 Å². The summed E-state index contributed by atoms with van der Waals surface area (Å²) in [4.78, 5) is 25.3. The second-order valence-electron chi connectivity index (χ2n) is 12.7. The fourth-order valence-corrected chi connectivity index (χ4v) is 5.56. The van der Waals surface area contributed by atoms with Gasteiger partial charge in [0.1, 0.15) is 6.04 Å². The van der Waals surface area contributed by atoms with Gasteiger partial charge in [-0.1, -0.05) is 162 Å². The van der Waals surface area contributed by atoms with Crippen LogP contribution in [0.2, 0.25) is 0 Å². The smallest absolute Gasteiger partial charge is 0.328 e. The molecule has 0 aromatic rings. The number of hydrogen-bond donors (Lipinski definition) is 4. The molecule has 0 heterocycles. The molecule has 0 rings (SSSR count). The van der Waals surface area contributed by atoms with E-state index in [1.807, 2.05) is 0 Å². The molecule has 0 bridgehead atoms. The number of unbranched alkanes of at least 4 members (excludes halogenated alkanes) is 23. The molecule has 0 aliphatic heterocycles. The van der Waals surface area contributed by atoms with Crippen LogP contribution in [-0.4, -0.2) is 37.0 Å². The summed E-state index contributed by atoms with van der Waals surface area (Å²) in [5.74, 6) is -0.506. The summed E-state index contributed by atoms with van der Waals surface area (Å²) < 4.78 is 5.56. The van der Waals surface area contributed by atoms with Crippen LogP contribution >= 0.6 is 12.4 Å². The summed E-state index contributed by atoms with van der Waals surface area (Å²) in [5.41, 5.74) is 5.36. The maximum atomic E-state index is 12.8. The van der Waals surface area contributed by atoms with E-state index in [-0.39, 0.29) is 30.2 Å². The third-order valence-corrected chi connectivity index (χ3v) is 8.35. The Hall–Kier alpha value is -1.50. The van der Waals surface area contributed by atoms with Gasteiger partial charge in [-0.3, -0.25) is 10.2 Å². The van der Waals surface area contributed by atoms with E-state index < -0.39 is 6.04 Å². The largest absolute Gasteiger partial charge is 0.464 e. The summed E-state index contributed by atoms with van der Waals surface area (Å²) in [5, 5.41) is 13.0. The minimum absolute atomic E-state index is 0. The Morgan fingerprint density at radius 1 is 0.614 bits per heavy atom. The van der Waals surface area contributed by atoms with Gasteiger partial charge in [-0.15, -0.1) is 12.4 Å². The Morgan fingerprint density at radius 3 is 1.41 bits per heavy atom. The fraction of sp³-hybridized carbons (Fsp3) is 0.917. The lowest BCUT2D eigenvalue weighted by Crippen LogP contribution is -2.42. The molecule has 0 spiro atoms. The van der Waals surface area contributed by atoms with Crippen molar-refractivity contribution in [2.45, 2.75) is 200 Å². The first kappa shape index (κ1) is 44.6. The quantitative estimate of drug-likeness (QED) is 0.0245. The highest BCUT2D eigenvalue weighted by Gasteiger charge is 2.21. The highest BCUT2D eigenvalue weighted by atomic mass is 35.5. The Kier molecular flexibility index (Phi) is 36.5. The summed E-state index contributed by atoms with van der Waals surface area (Å²) >= 11 is 0. The van der Waals surface area contributed by atoms with Gasteiger partial charge in [-0.2, -0.15) is 0 Å². The third kappa shape index (κ3) is 33.4. The Morgan fingerprint density at radius 2 is 1.00 bits per heavy atom. The van der Waals surface area contributed by atoms with Crippen LogP contribution in [0.1, 0.15) is 194 Å². The number of ether oxygens (including phenoxy) is 1. The molecule has 0 aromatic heterocycles. The van der Waals surface area contributed by atoms with Gasteiger partial charge in [0.05, 0.1) is 6.61 Å². The standard InChI is InChI=1S/C36H72N4O3.ClH/c1-3-5-7-9-11-13-14-15-16-17-18-19-21-23-25-27-32-43-35(42)33(29-28-31-39-36(37)38)40-34(41)30-26-24-22-20-12-10-8-6-4-2;/h33H,3-32H2,1-2H3,(H,40,41)(H4,37,38,39);1H/t33-;/m0./s1. The van der Waals surface area contributed by atoms with Crippen molar-refractivity contribution < 1.29 is 14.3 Å². The SMILES string of the molecule is CCCCCCCCCCCCCCCCCCOC(=O)[C@H](CCCNC(=N)N)NC(=O)CCCCCCCCCCC.Cl. The van der Waals surface area contributed by atoms with Crippen molar-refractivity contribution in [2.24, 2.45) is 5.73 Å². The van der Waals surface area contributed by atoms with Crippen molar-refractivity contribution in [1.82, 2.24) is 10.6 Å². The number of guanidine groups is 1. The molecule has 0 saturated carbocycles. The average molecular weight is 645 g/mol. The summed E-state index contributed by atoms with van der Waals surface area (Å²) in [6, 6.07) is -0.638. The molecule has 0 aliphatic carbocycles. The molecule has 262 valence electrons. The predicted octanol–water partition coefficient (Wildman–Crippen LogP) is 9.88. The number of amides is 1. The number of carbonyl (C=O) groups is 2. The van der Waals surface area contributed by atoms with Crippen LogP contribution in [0.3, 0.4) is 0 Å². The summed E-state index contributed by atoms with van der Waals surface area (Å²) in [6.07, 6.45) is 33.4. The molecule has 0 saturated heterocycles. The van der Waals surface area contributed by atoms with E-state index in [9.17, 15) is 9.59 Å². The lowest BCUT2D eigenvalue weighted by molar-refractivity contribution is -0.148. The van der Waals surface area contributed by atoms with E-state index in [0.29, 0.717) is 32.4 Å². The second-order valence-corrected chi connectivity index (χ2v) is 12.7. The molecule has 44 heavy (non-hydrogen) atoms. The van der Waals surface area contributed by atoms with Gasteiger partial charge in [-0.25, -0.2) is 4.79 Å². The first-order valence-corrected chi connectivity index (χ1v) is 18.5. The van der Waals surface area contributed by atoms with Crippen molar-refractivity contribution >= 4 is 30.2 Å². The highest BCUT2D eigenvalue weighted by molar-refractivity contribution is 5.85. The molecule has 0 aromatic carbocycles. The second kappa shape index (κ2) is 36.0. The van der Waals surface area contributed by atoms with Crippen molar-refractivity contribution in [3.05, 3.63) is 0 Å². The molecule has 0 radical (unpaired) electrons. The molecule has 0 aliphatic rings. The van der Waals surface area contributed by atoms with Crippen molar-refractivity contribution in [3.8, 4) is 0 Å². The first-order valence-electron chi connectivity index (χ1n) is 18.5. The summed E-state index contributed by atoms with van der Waals surface area (Å²) in [7, 11) is 0. The van der Waals surface area contributed by atoms with Crippen molar-refractivity contribution in [1.29, 1.82) is 5.41 Å². The summed E-state index contributed by atoms with van der Waals surface area (Å²) in [6.45, 7) is 5.41. The Bertz CT molecular complexity index is 651. The topological polar surface area (TPSA) is 117 Å². The van der Waals surface area contributed by atoms with E-state index in [1.54, 1.807) is 0 Å². The number of nitrogens with two attached hydrogens (primary N) is 1. The highest BCUT2D eigenvalue weighted by Crippen LogP contribution is 2.14. The Labute approximate surface area is 278 Å². The monoisotopic (exact) mass is 645 g/mol. The number of hydrogen-bond acceptors (Lipinski definition) is 4. The molecule has 7 nitrogen and oxygen atoms in total. The lowest BCUT2D eigenvalue weighted by atomic mass is 10.0.